The molecule has 4 rings (SSSR count). The zero-order valence-electron chi connectivity index (χ0n) is 16.1. The molecule has 2 saturated heterocycles. The van der Waals surface area contributed by atoms with E-state index in [4.69, 9.17) is 18.9 Å². The van der Waals surface area contributed by atoms with E-state index in [0.717, 1.165) is 17.5 Å². The van der Waals surface area contributed by atoms with Crippen molar-refractivity contribution in [3.8, 4) is 0 Å². The number of fused-ring (bicyclic) bond motifs is 2. The van der Waals surface area contributed by atoms with Crippen LogP contribution in [0.2, 0.25) is 0 Å². The SMILES string of the molecule is CC(C)(C)OC(=O)N1C2C=C(c3ccccc3C3OCCO3)CC1COC2. The molecule has 27 heavy (non-hydrogen) atoms. The summed E-state index contributed by atoms with van der Waals surface area (Å²) in [6, 6.07) is 8.04. The van der Waals surface area contributed by atoms with E-state index in [1.165, 1.54) is 5.57 Å². The number of morpholine rings is 1. The van der Waals surface area contributed by atoms with Crippen LogP contribution in [0.15, 0.2) is 30.3 Å². The van der Waals surface area contributed by atoms with E-state index >= 15 is 0 Å². The molecule has 0 radical (unpaired) electrons. The number of hydrogen-bond donors (Lipinski definition) is 0. The number of carbonyl (C=O) groups is 1. The highest BCUT2D eigenvalue weighted by atomic mass is 16.7. The molecule has 0 spiro atoms. The lowest BCUT2D eigenvalue weighted by Crippen LogP contribution is -2.57. The number of ether oxygens (including phenoxy) is 4. The number of rotatable bonds is 2. The van der Waals surface area contributed by atoms with Gasteiger partial charge in [0.05, 0.1) is 38.5 Å². The highest BCUT2D eigenvalue weighted by Crippen LogP contribution is 2.37. The van der Waals surface area contributed by atoms with E-state index in [9.17, 15) is 4.79 Å². The van der Waals surface area contributed by atoms with Crippen LogP contribution in [0.5, 0.6) is 0 Å². The fourth-order valence-corrected chi connectivity index (χ4v) is 3.93. The van der Waals surface area contributed by atoms with Gasteiger partial charge in [0.25, 0.3) is 0 Å². The first-order valence-electron chi connectivity index (χ1n) is 9.54. The van der Waals surface area contributed by atoms with Gasteiger partial charge in [-0.2, -0.15) is 0 Å². The molecular weight excluding hydrogens is 346 g/mol. The second-order valence-corrected chi connectivity index (χ2v) is 8.20. The second-order valence-electron chi connectivity index (χ2n) is 8.20. The third-order valence-electron chi connectivity index (χ3n) is 4.99. The van der Waals surface area contributed by atoms with Crippen LogP contribution in [0.25, 0.3) is 5.57 Å². The van der Waals surface area contributed by atoms with Gasteiger partial charge in [0, 0.05) is 5.56 Å². The van der Waals surface area contributed by atoms with Crippen LogP contribution in [-0.2, 0) is 18.9 Å². The average Bonchev–Trinajstić information content (AvgIpc) is 3.13. The molecule has 3 aliphatic rings. The van der Waals surface area contributed by atoms with E-state index in [1.54, 1.807) is 0 Å². The highest BCUT2D eigenvalue weighted by Gasteiger charge is 2.40. The second kappa shape index (κ2) is 7.26. The van der Waals surface area contributed by atoms with Crippen molar-refractivity contribution in [3.63, 3.8) is 0 Å². The first kappa shape index (κ1) is 18.5. The summed E-state index contributed by atoms with van der Waals surface area (Å²) in [5, 5.41) is 0. The molecule has 6 nitrogen and oxygen atoms in total. The Bertz CT molecular complexity index is 732. The Morgan fingerprint density at radius 1 is 1.15 bits per heavy atom. The average molecular weight is 373 g/mol. The van der Waals surface area contributed by atoms with Gasteiger partial charge in [-0.05, 0) is 38.3 Å². The van der Waals surface area contributed by atoms with E-state index in [0.29, 0.717) is 26.4 Å². The van der Waals surface area contributed by atoms with Crippen LogP contribution in [0.1, 0.15) is 44.6 Å². The monoisotopic (exact) mass is 373 g/mol. The van der Waals surface area contributed by atoms with Gasteiger partial charge < -0.3 is 18.9 Å². The third-order valence-corrected chi connectivity index (χ3v) is 4.99. The van der Waals surface area contributed by atoms with Crippen molar-refractivity contribution in [3.05, 3.63) is 41.5 Å². The van der Waals surface area contributed by atoms with Gasteiger partial charge in [-0.15, -0.1) is 0 Å². The number of benzene rings is 1. The molecule has 1 aromatic rings. The van der Waals surface area contributed by atoms with Crippen molar-refractivity contribution in [1.29, 1.82) is 0 Å². The van der Waals surface area contributed by atoms with E-state index in [1.807, 2.05) is 37.8 Å². The van der Waals surface area contributed by atoms with Gasteiger partial charge in [-0.3, -0.25) is 4.90 Å². The van der Waals surface area contributed by atoms with Gasteiger partial charge in [-0.1, -0.05) is 30.3 Å². The Morgan fingerprint density at radius 3 is 2.59 bits per heavy atom. The maximum atomic E-state index is 12.7. The summed E-state index contributed by atoms with van der Waals surface area (Å²) < 4.78 is 22.8. The lowest BCUT2D eigenvalue weighted by atomic mass is 9.87. The van der Waals surface area contributed by atoms with Crippen LogP contribution in [0, 0.1) is 0 Å². The molecule has 146 valence electrons. The topological polar surface area (TPSA) is 57.2 Å². The Labute approximate surface area is 160 Å². The lowest BCUT2D eigenvalue weighted by molar-refractivity contribution is -0.0516. The summed E-state index contributed by atoms with van der Waals surface area (Å²) in [6.45, 7) is 7.90. The van der Waals surface area contributed by atoms with Gasteiger partial charge in [0.1, 0.15) is 5.60 Å². The van der Waals surface area contributed by atoms with Crippen molar-refractivity contribution >= 4 is 11.7 Å². The Morgan fingerprint density at radius 2 is 1.89 bits per heavy atom. The maximum absolute atomic E-state index is 12.7. The normalized spacial score (nSPS) is 26.0. The molecular formula is C21H27NO5. The molecule has 2 unspecified atom stereocenters. The van der Waals surface area contributed by atoms with Gasteiger partial charge in [0.15, 0.2) is 6.29 Å². The molecule has 0 saturated carbocycles. The zero-order chi connectivity index (χ0) is 19.0. The fourth-order valence-electron chi connectivity index (χ4n) is 3.93. The third kappa shape index (κ3) is 3.88. The minimum absolute atomic E-state index is 0.0305. The van der Waals surface area contributed by atoms with Crippen LogP contribution in [-0.4, -0.2) is 55.1 Å². The fraction of sp³-hybridized carbons (Fsp3) is 0.571. The molecule has 3 heterocycles. The molecule has 2 bridgehead atoms. The van der Waals surface area contributed by atoms with E-state index in [2.05, 4.69) is 18.2 Å². The molecule has 3 aliphatic heterocycles. The minimum atomic E-state index is -0.514. The molecule has 0 aliphatic carbocycles. The van der Waals surface area contributed by atoms with Gasteiger partial charge in [0.2, 0.25) is 0 Å². The van der Waals surface area contributed by atoms with Crippen LogP contribution in [0.4, 0.5) is 4.79 Å². The Balaban J connectivity index is 1.63. The first-order chi connectivity index (χ1) is 12.9. The molecule has 2 fully saturated rings. The van der Waals surface area contributed by atoms with Crippen molar-refractivity contribution in [2.45, 2.75) is 51.2 Å². The van der Waals surface area contributed by atoms with E-state index < -0.39 is 5.60 Å². The lowest BCUT2D eigenvalue weighted by Gasteiger charge is -2.44. The standard InChI is InChI=1S/C21H27NO5/c1-21(2,3)27-20(23)22-15-10-14(11-16(22)13-24-12-15)17-6-4-5-7-18(17)19-25-8-9-26-19/h4-7,10,15-16,19H,8-9,11-13H2,1-3H3. The summed E-state index contributed by atoms with van der Waals surface area (Å²) in [5.74, 6) is 0. The molecule has 2 atom stereocenters. The summed E-state index contributed by atoms with van der Waals surface area (Å²) in [4.78, 5) is 14.6. The van der Waals surface area contributed by atoms with Crippen molar-refractivity contribution in [2.75, 3.05) is 26.4 Å². The maximum Gasteiger partial charge on any atom is 0.411 e. The first-order valence-corrected chi connectivity index (χ1v) is 9.54. The number of carbonyl (C=O) groups excluding carboxylic acids is 1. The minimum Gasteiger partial charge on any atom is -0.444 e. The predicted octanol–water partition coefficient (Wildman–Crippen LogP) is 3.52. The largest absolute Gasteiger partial charge is 0.444 e. The number of hydrogen-bond acceptors (Lipinski definition) is 5. The number of amides is 1. The quantitative estimate of drug-likeness (QED) is 0.794. The molecule has 6 heteroatoms. The molecule has 0 N–H and O–H groups in total. The van der Waals surface area contributed by atoms with Crippen molar-refractivity contribution in [1.82, 2.24) is 4.90 Å². The molecule has 0 aromatic heterocycles. The van der Waals surface area contributed by atoms with Crippen molar-refractivity contribution in [2.24, 2.45) is 0 Å². The molecule has 1 aromatic carbocycles. The van der Waals surface area contributed by atoms with Crippen LogP contribution >= 0.6 is 0 Å². The molecule has 1 amide bonds. The van der Waals surface area contributed by atoms with Crippen molar-refractivity contribution < 1.29 is 23.7 Å². The highest BCUT2D eigenvalue weighted by molar-refractivity contribution is 5.76. The number of nitrogens with zero attached hydrogens (tertiary/aromatic N) is 1. The smallest absolute Gasteiger partial charge is 0.411 e. The Kier molecular flexibility index (Phi) is 4.97. The predicted molar refractivity (Wildman–Crippen MR) is 100 cm³/mol. The summed E-state index contributed by atoms with van der Waals surface area (Å²) in [5.41, 5.74) is 2.87. The zero-order valence-corrected chi connectivity index (χ0v) is 16.1. The summed E-state index contributed by atoms with van der Waals surface area (Å²) in [6.07, 6.45) is 2.27. The summed E-state index contributed by atoms with van der Waals surface area (Å²) >= 11 is 0. The van der Waals surface area contributed by atoms with Gasteiger partial charge >= 0.3 is 6.09 Å². The summed E-state index contributed by atoms with van der Waals surface area (Å²) in [7, 11) is 0. The Hall–Kier alpha value is -1.89. The van der Waals surface area contributed by atoms with Crippen LogP contribution in [0.3, 0.4) is 0 Å². The van der Waals surface area contributed by atoms with E-state index in [-0.39, 0.29) is 24.5 Å². The van der Waals surface area contributed by atoms with Crippen LogP contribution < -0.4 is 0 Å². The van der Waals surface area contributed by atoms with Gasteiger partial charge in [-0.25, -0.2) is 4.79 Å².